The van der Waals surface area contributed by atoms with Crippen molar-refractivity contribution in [2.45, 2.75) is 33.3 Å². The van der Waals surface area contributed by atoms with E-state index in [1.807, 2.05) is 0 Å². The van der Waals surface area contributed by atoms with Crippen LogP contribution in [0, 0.1) is 17.0 Å². The minimum atomic E-state index is -0.533. The average Bonchev–Trinajstić information content (AvgIpc) is 2.23. The van der Waals surface area contributed by atoms with Gasteiger partial charge in [0.2, 0.25) is 0 Å². The second-order valence-corrected chi connectivity index (χ2v) is 4.96. The molecule has 0 saturated carbocycles. The first-order valence-corrected chi connectivity index (χ1v) is 5.43. The highest BCUT2D eigenvalue weighted by molar-refractivity contribution is 5.94. The van der Waals surface area contributed by atoms with Crippen molar-refractivity contribution in [1.29, 1.82) is 0 Å². The molecule has 0 aliphatic carbocycles. The molecule has 0 aromatic heterocycles. The standard InChI is InChI=1S/C12H16N2O4/c1-8-5-9(7-10(6-8)14(16)17)11(15)13-18-12(2,3)4/h5-7H,1-4H3,(H,13,15). The Kier molecular flexibility index (Phi) is 4.03. The number of hydroxylamine groups is 1. The molecule has 0 radical (unpaired) electrons. The van der Waals surface area contributed by atoms with Crippen LogP contribution in [0.2, 0.25) is 0 Å². The van der Waals surface area contributed by atoms with Crippen molar-refractivity contribution in [3.63, 3.8) is 0 Å². The second-order valence-electron chi connectivity index (χ2n) is 4.96. The zero-order valence-corrected chi connectivity index (χ0v) is 10.8. The highest BCUT2D eigenvalue weighted by Crippen LogP contribution is 2.17. The number of nitro groups is 1. The largest absolute Gasteiger partial charge is 0.275 e. The summed E-state index contributed by atoms with van der Waals surface area (Å²) < 4.78 is 0. The molecule has 1 rings (SSSR count). The number of carbonyl (C=O) groups is 1. The summed E-state index contributed by atoms with van der Waals surface area (Å²) in [5.74, 6) is -0.503. The molecule has 0 aliphatic rings. The van der Waals surface area contributed by atoms with Crippen LogP contribution in [0.1, 0.15) is 36.7 Å². The van der Waals surface area contributed by atoms with E-state index in [4.69, 9.17) is 4.84 Å². The molecule has 6 heteroatoms. The van der Waals surface area contributed by atoms with Crippen molar-refractivity contribution in [2.24, 2.45) is 0 Å². The lowest BCUT2D eigenvalue weighted by atomic mass is 10.1. The van der Waals surface area contributed by atoms with Gasteiger partial charge in [-0.1, -0.05) is 0 Å². The Morgan fingerprint density at radius 3 is 2.44 bits per heavy atom. The minimum Gasteiger partial charge on any atom is -0.268 e. The van der Waals surface area contributed by atoms with Crippen LogP contribution < -0.4 is 5.48 Å². The van der Waals surface area contributed by atoms with Crippen LogP contribution in [0.25, 0.3) is 0 Å². The van der Waals surface area contributed by atoms with Gasteiger partial charge in [0, 0.05) is 17.7 Å². The highest BCUT2D eigenvalue weighted by atomic mass is 16.7. The number of aryl methyl sites for hydroxylation is 1. The summed E-state index contributed by atoms with van der Waals surface area (Å²) in [7, 11) is 0. The zero-order chi connectivity index (χ0) is 13.9. The summed E-state index contributed by atoms with van der Waals surface area (Å²) in [5, 5.41) is 10.7. The number of nitro benzene ring substituents is 1. The van der Waals surface area contributed by atoms with Crippen LogP contribution in [0.5, 0.6) is 0 Å². The van der Waals surface area contributed by atoms with Crippen molar-refractivity contribution >= 4 is 11.6 Å². The summed E-state index contributed by atoms with van der Waals surface area (Å²) in [6.45, 7) is 7.04. The number of non-ortho nitro benzene ring substituents is 1. The van der Waals surface area contributed by atoms with E-state index in [0.29, 0.717) is 5.56 Å². The van der Waals surface area contributed by atoms with Crippen LogP contribution in [-0.4, -0.2) is 16.4 Å². The van der Waals surface area contributed by atoms with E-state index in [-0.39, 0.29) is 11.3 Å². The molecular weight excluding hydrogens is 236 g/mol. The molecule has 98 valence electrons. The summed E-state index contributed by atoms with van der Waals surface area (Å²) in [6, 6.07) is 4.18. The maximum atomic E-state index is 11.8. The third-order valence-electron chi connectivity index (χ3n) is 1.99. The lowest BCUT2D eigenvalue weighted by Gasteiger charge is -2.18. The third-order valence-corrected chi connectivity index (χ3v) is 1.99. The second kappa shape index (κ2) is 5.14. The topological polar surface area (TPSA) is 81.5 Å². The number of nitrogens with one attached hydrogen (secondary N) is 1. The normalized spacial score (nSPS) is 11.1. The van der Waals surface area contributed by atoms with Crippen molar-refractivity contribution in [1.82, 2.24) is 5.48 Å². The average molecular weight is 252 g/mol. The van der Waals surface area contributed by atoms with E-state index < -0.39 is 16.4 Å². The summed E-state index contributed by atoms with van der Waals surface area (Å²) in [4.78, 5) is 27.0. The van der Waals surface area contributed by atoms with Gasteiger partial charge in [-0.2, -0.15) is 0 Å². The van der Waals surface area contributed by atoms with Gasteiger partial charge in [0.25, 0.3) is 11.6 Å². The van der Waals surface area contributed by atoms with Gasteiger partial charge in [-0.05, 0) is 39.3 Å². The molecule has 6 nitrogen and oxygen atoms in total. The van der Waals surface area contributed by atoms with Gasteiger partial charge in [-0.3, -0.25) is 19.7 Å². The van der Waals surface area contributed by atoms with Gasteiger partial charge in [-0.25, -0.2) is 5.48 Å². The van der Waals surface area contributed by atoms with Crippen molar-refractivity contribution in [3.05, 3.63) is 39.4 Å². The molecule has 18 heavy (non-hydrogen) atoms. The molecule has 0 fully saturated rings. The quantitative estimate of drug-likeness (QED) is 0.661. The molecule has 1 aromatic carbocycles. The van der Waals surface area contributed by atoms with E-state index in [9.17, 15) is 14.9 Å². The third kappa shape index (κ3) is 4.14. The fourth-order valence-electron chi connectivity index (χ4n) is 1.26. The first-order chi connectivity index (χ1) is 8.19. The van der Waals surface area contributed by atoms with Gasteiger partial charge in [0.05, 0.1) is 10.5 Å². The van der Waals surface area contributed by atoms with Crippen molar-refractivity contribution < 1.29 is 14.6 Å². The lowest BCUT2D eigenvalue weighted by Crippen LogP contribution is -2.33. The molecule has 0 aliphatic heterocycles. The highest BCUT2D eigenvalue weighted by Gasteiger charge is 2.16. The van der Waals surface area contributed by atoms with E-state index in [0.717, 1.165) is 0 Å². The van der Waals surface area contributed by atoms with Crippen LogP contribution in [0.3, 0.4) is 0 Å². The first-order valence-electron chi connectivity index (χ1n) is 5.43. The predicted octanol–water partition coefficient (Wildman–Crippen LogP) is 2.36. The molecule has 1 amide bonds. The molecule has 0 saturated heterocycles. The van der Waals surface area contributed by atoms with Crippen LogP contribution in [0.4, 0.5) is 5.69 Å². The Bertz CT molecular complexity index is 477. The molecule has 1 N–H and O–H groups in total. The Morgan fingerprint density at radius 2 is 1.94 bits per heavy atom. The number of nitrogens with zero attached hydrogens (tertiary/aromatic N) is 1. The number of hydrogen-bond donors (Lipinski definition) is 1. The van der Waals surface area contributed by atoms with Gasteiger partial charge >= 0.3 is 0 Å². The van der Waals surface area contributed by atoms with Crippen LogP contribution in [-0.2, 0) is 4.84 Å². The minimum absolute atomic E-state index is 0.115. The smallest absolute Gasteiger partial charge is 0.268 e. The number of carbonyl (C=O) groups excluding carboxylic acids is 1. The fraction of sp³-hybridized carbons (Fsp3) is 0.417. The van der Waals surface area contributed by atoms with Crippen molar-refractivity contribution in [3.8, 4) is 0 Å². The van der Waals surface area contributed by atoms with Gasteiger partial charge in [0.15, 0.2) is 0 Å². The maximum Gasteiger partial charge on any atom is 0.275 e. The maximum absolute atomic E-state index is 11.8. The summed E-state index contributed by atoms with van der Waals surface area (Å²) >= 11 is 0. The molecule has 0 heterocycles. The van der Waals surface area contributed by atoms with Crippen LogP contribution >= 0.6 is 0 Å². The van der Waals surface area contributed by atoms with Gasteiger partial charge in [0.1, 0.15) is 0 Å². The molecule has 0 bridgehead atoms. The zero-order valence-electron chi connectivity index (χ0n) is 10.8. The fourth-order valence-corrected chi connectivity index (χ4v) is 1.26. The Hall–Kier alpha value is -1.95. The summed E-state index contributed by atoms with van der Waals surface area (Å²) in [5.41, 5.74) is 2.48. The summed E-state index contributed by atoms with van der Waals surface area (Å²) in [6.07, 6.45) is 0. The number of benzene rings is 1. The van der Waals surface area contributed by atoms with Gasteiger partial charge < -0.3 is 0 Å². The molecule has 0 spiro atoms. The predicted molar refractivity (Wildman–Crippen MR) is 66.1 cm³/mol. The number of hydrogen-bond acceptors (Lipinski definition) is 4. The van der Waals surface area contributed by atoms with Gasteiger partial charge in [-0.15, -0.1) is 0 Å². The van der Waals surface area contributed by atoms with E-state index in [1.54, 1.807) is 33.8 Å². The van der Waals surface area contributed by atoms with E-state index >= 15 is 0 Å². The molecule has 0 unspecified atom stereocenters. The van der Waals surface area contributed by atoms with Crippen LogP contribution in [0.15, 0.2) is 18.2 Å². The van der Waals surface area contributed by atoms with Crippen molar-refractivity contribution in [2.75, 3.05) is 0 Å². The Labute approximate surface area is 105 Å². The van der Waals surface area contributed by atoms with E-state index in [2.05, 4.69) is 5.48 Å². The SMILES string of the molecule is Cc1cc(C(=O)NOC(C)(C)C)cc([N+](=O)[O-])c1. The Balaban J connectivity index is 2.89. The monoisotopic (exact) mass is 252 g/mol. The molecule has 1 aromatic rings. The Morgan fingerprint density at radius 1 is 1.33 bits per heavy atom. The number of rotatable bonds is 3. The first kappa shape index (κ1) is 14.1. The molecule has 0 atom stereocenters. The molecular formula is C12H16N2O4. The lowest BCUT2D eigenvalue weighted by molar-refractivity contribution is -0.384. The van der Waals surface area contributed by atoms with E-state index in [1.165, 1.54) is 12.1 Å². The number of amides is 1.